The molecule has 4 nitrogen and oxygen atoms in total. The van der Waals surface area contributed by atoms with Crippen molar-refractivity contribution >= 4 is 0 Å². The predicted octanol–water partition coefficient (Wildman–Crippen LogP) is 2.13. The molecule has 0 saturated carbocycles. The Hall–Kier alpha value is -0.160. The van der Waals surface area contributed by atoms with E-state index >= 15 is 0 Å². The highest BCUT2D eigenvalue weighted by atomic mass is 16.5. The molecule has 3 aliphatic heterocycles. The Morgan fingerprint density at radius 2 is 1.19 bits per heavy atom. The van der Waals surface area contributed by atoms with Crippen molar-refractivity contribution in [3.8, 4) is 0 Å². The van der Waals surface area contributed by atoms with Gasteiger partial charge in [0, 0.05) is 39.4 Å². The quantitative estimate of drug-likeness (QED) is 0.750. The molecule has 4 heteroatoms. The second kappa shape index (κ2) is 8.47. The molecular weight excluding hydrogens is 264 g/mol. The van der Waals surface area contributed by atoms with Crippen molar-refractivity contribution in [1.82, 2.24) is 9.80 Å². The molecule has 3 saturated heterocycles. The fourth-order valence-electron chi connectivity index (χ4n) is 3.87. The number of rotatable bonds is 6. The lowest BCUT2D eigenvalue weighted by molar-refractivity contribution is 0.0892. The summed E-state index contributed by atoms with van der Waals surface area (Å²) in [5.74, 6) is 0. The monoisotopic (exact) mass is 296 g/mol. The highest BCUT2D eigenvalue weighted by molar-refractivity contribution is 4.74. The average molecular weight is 296 g/mol. The van der Waals surface area contributed by atoms with Crippen molar-refractivity contribution in [2.75, 3.05) is 52.5 Å². The first-order chi connectivity index (χ1) is 10.4. The lowest BCUT2D eigenvalue weighted by atomic mass is 10.2. The minimum absolute atomic E-state index is 0.545. The molecule has 3 rings (SSSR count). The SMILES string of the molecule is C1COC(CCN2CCCN(CCC3CCCO3)CC2)C1. The van der Waals surface area contributed by atoms with Gasteiger partial charge >= 0.3 is 0 Å². The highest BCUT2D eigenvalue weighted by Gasteiger charge is 2.20. The van der Waals surface area contributed by atoms with E-state index in [1.807, 2.05) is 0 Å². The van der Waals surface area contributed by atoms with Gasteiger partial charge in [-0.05, 0) is 58.0 Å². The van der Waals surface area contributed by atoms with Gasteiger partial charge in [0.25, 0.3) is 0 Å². The van der Waals surface area contributed by atoms with E-state index in [1.165, 1.54) is 84.2 Å². The Balaban J connectivity index is 1.31. The van der Waals surface area contributed by atoms with Crippen LogP contribution in [0.5, 0.6) is 0 Å². The standard InChI is InChI=1S/C17H32N2O2/c1-4-16(20-14-1)6-10-18-8-3-9-19(13-12-18)11-7-17-5-2-15-21-17/h16-17H,1-15H2. The molecule has 3 aliphatic rings. The molecule has 0 aromatic heterocycles. The van der Waals surface area contributed by atoms with Crippen LogP contribution in [0.3, 0.4) is 0 Å². The van der Waals surface area contributed by atoms with Crippen LogP contribution >= 0.6 is 0 Å². The van der Waals surface area contributed by atoms with Crippen LogP contribution in [0.2, 0.25) is 0 Å². The zero-order valence-electron chi connectivity index (χ0n) is 13.5. The van der Waals surface area contributed by atoms with Gasteiger partial charge in [-0.1, -0.05) is 0 Å². The Bertz CT molecular complexity index is 261. The molecular formula is C17H32N2O2. The van der Waals surface area contributed by atoms with Crippen LogP contribution in [-0.2, 0) is 9.47 Å². The summed E-state index contributed by atoms with van der Waals surface area (Å²) in [4.78, 5) is 5.29. The van der Waals surface area contributed by atoms with Crippen LogP contribution in [-0.4, -0.2) is 74.5 Å². The topological polar surface area (TPSA) is 24.9 Å². The first kappa shape index (κ1) is 15.7. The molecule has 0 spiro atoms. The van der Waals surface area contributed by atoms with E-state index in [0.29, 0.717) is 12.2 Å². The molecule has 2 atom stereocenters. The molecule has 3 heterocycles. The van der Waals surface area contributed by atoms with E-state index in [1.54, 1.807) is 0 Å². The van der Waals surface area contributed by atoms with E-state index in [9.17, 15) is 0 Å². The van der Waals surface area contributed by atoms with Crippen molar-refractivity contribution in [3.05, 3.63) is 0 Å². The molecule has 21 heavy (non-hydrogen) atoms. The first-order valence-electron chi connectivity index (χ1n) is 9.08. The van der Waals surface area contributed by atoms with E-state index in [4.69, 9.17) is 9.47 Å². The maximum absolute atomic E-state index is 5.74. The van der Waals surface area contributed by atoms with Crippen molar-refractivity contribution in [2.24, 2.45) is 0 Å². The van der Waals surface area contributed by atoms with Gasteiger partial charge in [0.1, 0.15) is 0 Å². The van der Waals surface area contributed by atoms with Crippen molar-refractivity contribution in [3.63, 3.8) is 0 Å². The summed E-state index contributed by atoms with van der Waals surface area (Å²) in [6.07, 6.45) is 9.96. The summed E-state index contributed by atoms with van der Waals surface area (Å²) in [5.41, 5.74) is 0. The number of nitrogens with zero attached hydrogens (tertiary/aromatic N) is 2. The Labute approximate surface area is 129 Å². The van der Waals surface area contributed by atoms with Crippen LogP contribution in [0.4, 0.5) is 0 Å². The molecule has 122 valence electrons. The highest BCUT2D eigenvalue weighted by Crippen LogP contribution is 2.18. The van der Waals surface area contributed by atoms with Gasteiger partial charge in [-0.2, -0.15) is 0 Å². The minimum Gasteiger partial charge on any atom is -0.378 e. The number of hydrogen-bond acceptors (Lipinski definition) is 4. The summed E-state index contributed by atoms with van der Waals surface area (Å²) < 4.78 is 11.5. The maximum atomic E-state index is 5.74. The lowest BCUT2D eigenvalue weighted by Crippen LogP contribution is -2.33. The fourth-order valence-corrected chi connectivity index (χ4v) is 3.87. The second-order valence-electron chi connectivity index (χ2n) is 6.88. The largest absolute Gasteiger partial charge is 0.378 e. The van der Waals surface area contributed by atoms with Crippen molar-refractivity contribution in [1.29, 1.82) is 0 Å². The Morgan fingerprint density at radius 1 is 0.667 bits per heavy atom. The van der Waals surface area contributed by atoms with Gasteiger partial charge in [-0.3, -0.25) is 0 Å². The molecule has 2 unspecified atom stereocenters. The first-order valence-corrected chi connectivity index (χ1v) is 9.08. The van der Waals surface area contributed by atoms with Gasteiger partial charge in [0.05, 0.1) is 12.2 Å². The van der Waals surface area contributed by atoms with Crippen LogP contribution in [0.15, 0.2) is 0 Å². The fraction of sp³-hybridized carbons (Fsp3) is 1.00. The molecule has 0 bridgehead atoms. The molecule has 0 aromatic carbocycles. The molecule has 0 aromatic rings. The van der Waals surface area contributed by atoms with Crippen molar-refractivity contribution < 1.29 is 9.47 Å². The molecule has 0 radical (unpaired) electrons. The van der Waals surface area contributed by atoms with Gasteiger partial charge in [-0.15, -0.1) is 0 Å². The van der Waals surface area contributed by atoms with Crippen LogP contribution in [0.25, 0.3) is 0 Å². The van der Waals surface area contributed by atoms with Gasteiger partial charge in [0.2, 0.25) is 0 Å². The molecule has 0 amide bonds. The van der Waals surface area contributed by atoms with E-state index in [0.717, 1.165) is 13.2 Å². The van der Waals surface area contributed by atoms with E-state index in [2.05, 4.69) is 9.80 Å². The van der Waals surface area contributed by atoms with Gasteiger partial charge < -0.3 is 19.3 Å². The van der Waals surface area contributed by atoms with Crippen molar-refractivity contribution in [2.45, 2.75) is 57.2 Å². The average Bonchev–Trinajstić information content (AvgIpc) is 3.15. The van der Waals surface area contributed by atoms with Crippen LogP contribution in [0.1, 0.15) is 44.9 Å². The Morgan fingerprint density at radius 3 is 1.62 bits per heavy atom. The number of hydrogen-bond donors (Lipinski definition) is 0. The second-order valence-corrected chi connectivity index (χ2v) is 6.88. The molecule has 0 aliphatic carbocycles. The minimum atomic E-state index is 0.545. The smallest absolute Gasteiger partial charge is 0.0588 e. The molecule has 3 fully saturated rings. The summed E-state index contributed by atoms with van der Waals surface area (Å²) >= 11 is 0. The van der Waals surface area contributed by atoms with E-state index in [-0.39, 0.29) is 0 Å². The third kappa shape index (κ3) is 5.20. The Kier molecular flexibility index (Phi) is 6.34. The summed E-state index contributed by atoms with van der Waals surface area (Å²) in [6, 6.07) is 0. The number of ether oxygens (including phenoxy) is 2. The third-order valence-electron chi connectivity index (χ3n) is 5.26. The normalized spacial score (nSPS) is 32.6. The summed E-state index contributed by atoms with van der Waals surface area (Å²) in [6.45, 7) is 9.43. The van der Waals surface area contributed by atoms with Crippen LogP contribution < -0.4 is 0 Å². The zero-order valence-corrected chi connectivity index (χ0v) is 13.5. The van der Waals surface area contributed by atoms with E-state index < -0.39 is 0 Å². The maximum Gasteiger partial charge on any atom is 0.0588 e. The third-order valence-corrected chi connectivity index (χ3v) is 5.26. The van der Waals surface area contributed by atoms with Gasteiger partial charge in [-0.25, -0.2) is 0 Å². The lowest BCUT2D eigenvalue weighted by Gasteiger charge is -2.23. The summed E-state index contributed by atoms with van der Waals surface area (Å²) in [5, 5.41) is 0. The molecule has 0 N–H and O–H groups in total. The van der Waals surface area contributed by atoms with Crippen LogP contribution in [0, 0.1) is 0 Å². The zero-order chi connectivity index (χ0) is 14.3. The van der Waals surface area contributed by atoms with Gasteiger partial charge in [0.15, 0.2) is 0 Å². The predicted molar refractivity (Wildman–Crippen MR) is 84.7 cm³/mol. The summed E-state index contributed by atoms with van der Waals surface area (Å²) in [7, 11) is 0.